The SMILES string of the molecule is CC1CNCCN1c1cnc(N(C)c2cc(Br)c[nH]c2=O)cn1. The van der Waals surface area contributed by atoms with Crippen molar-refractivity contribution in [3.63, 3.8) is 0 Å². The van der Waals surface area contributed by atoms with Crippen LogP contribution < -0.4 is 20.7 Å². The Morgan fingerprint density at radius 3 is 2.91 bits per heavy atom. The molecule has 0 bridgehead atoms. The molecular formula is C15H19BrN6O. The molecular weight excluding hydrogens is 360 g/mol. The molecule has 1 aliphatic heterocycles. The first-order valence-corrected chi connectivity index (χ1v) is 8.27. The van der Waals surface area contributed by atoms with Gasteiger partial charge in [-0.25, -0.2) is 9.97 Å². The van der Waals surface area contributed by atoms with Crippen LogP contribution in [-0.4, -0.2) is 47.7 Å². The first-order chi connectivity index (χ1) is 11.1. The van der Waals surface area contributed by atoms with E-state index in [1.807, 2.05) is 0 Å². The number of aromatic nitrogens is 3. The van der Waals surface area contributed by atoms with E-state index in [1.54, 1.807) is 36.6 Å². The summed E-state index contributed by atoms with van der Waals surface area (Å²) in [6.07, 6.45) is 5.07. The standard InChI is InChI=1S/C15H19BrN6O/c1-10-6-17-3-4-22(10)14-9-18-13(8-19-14)21(2)12-5-11(16)7-20-15(12)23/h5,7-10,17H,3-4,6H2,1-2H3,(H,20,23). The number of hydrogen-bond donors (Lipinski definition) is 2. The molecule has 1 atom stereocenters. The molecule has 0 spiro atoms. The fourth-order valence-electron chi connectivity index (χ4n) is 2.64. The smallest absolute Gasteiger partial charge is 0.271 e. The number of rotatable bonds is 3. The van der Waals surface area contributed by atoms with E-state index >= 15 is 0 Å². The normalized spacial score (nSPS) is 18.0. The number of nitrogens with zero attached hydrogens (tertiary/aromatic N) is 4. The summed E-state index contributed by atoms with van der Waals surface area (Å²) < 4.78 is 0.804. The third-order valence-corrected chi connectivity index (χ3v) is 4.43. The van der Waals surface area contributed by atoms with Gasteiger partial charge in [-0.15, -0.1) is 0 Å². The van der Waals surface area contributed by atoms with Crippen LogP contribution in [0.25, 0.3) is 0 Å². The highest BCUT2D eigenvalue weighted by atomic mass is 79.9. The van der Waals surface area contributed by atoms with Gasteiger partial charge in [-0.2, -0.15) is 0 Å². The molecule has 8 heteroatoms. The maximum absolute atomic E-state index is 12.0. The second-order valence-electron chi connectivity index (χ2n) is 5.57. The van der Waals surface area contributed by atoms with E-state index in [2.05, 4.69) is 48.0 Å². The largest absolute Gasteiger partial charge is 0.350 e. The second kappa shape index (κ2) is 6.67. The van der Waals surface area contributed by atoms with Crippen LogP contribution in [0.5, 0.6) is 0 Å². The zero-order valence-electron chi connectivity index (χ0n) is 13.1. The van der Waals surface area contributed by atoms with Crippen LogP contribution in [-0.2, 0) is 0 Å². The van der Waals surface area contributed by atoms with Crippen LogP contribution in [0.2, 0.25) is 0 Å². The molecule has 122 valence electrons. The predicted octanol–water partition coefficient (Wildman–Crippen LogP) is 1.49. The lowest BCUT2D eigenvalue weighted by atomic mass is 10.2. The van der Waals surface area contributed by atoms with Crippen LogP contribution in [0.3, 0.4) is 0 Å². The number of piperazine rings is 1. The Bertz CT molecular complexity index is 731. The molecule has 0 amide bonds. The zero-order chi connectivity index (χ0) is 16.4. The maximum Gasteiger partial charge on any atom is 0.271 e. The Balaban J connectivity index is 1.84. The van der Waals surface area contributed by atoms with Gasteiger partial charge in [0.05, 0.1) is 12.4 Å². The quantitative estimate of drug-likeness (QED) is 0.842. The summed E-state index contributed by atoms with van der Waals surface area (Å²) in [5.74, 6) is 1.49. The Morgan fingerprint density at radius 2 is 2.22 bits per heavy atom. The molecule has 23 heavy (non-hydrogen) atoms. The lowest BCUT2D eigenvalue weighted by Gasteiger charge is -2.34. The second-order valence-corrected chi connectivity index (χ2v) is 6.49. The molecule has 0 aliphatic carbocycles. The van der Waals surface area contributed by atoms with Crippen LogP contribution in [0.15, 0.2) is 33.9 Å². The summed E-state index contributed by atoms with van der Waals surface area (Å²) in [4.78, 5) is 27.6. The Kier molecular flexibility index (Phi) is 4.63. The number of aromatic amines is 1. The highest BCUT2D eigenvalue weighted by Gasteiger charge is 2.20. The summed E-state index contributed by atoms with van der Waals surface area (Å²) in [6.45, 7) is 4.96. The number of halogens is 1. The van der Waals surface area contributed by atoms with E-state index in [9.17, 15) is 4.79 Å². The van der Waals surface area contributed by atoms with Crippen LogP contribution in [0.4, 0.5) is 17.3 Å². The van der Waals surface area contributed by atoms with Gasteiger partial charge in [0.1, 0.15) is 11.5 Å². The average molecular weight is 379 g/mol. The van der Waals surface area contributed by atoms with Crippen molar-refractivity contribution in [2.24, 2.45) is 0 Å². The lowest BCUT2D eigenvalue weighted by molar-refractivity contribution is 0.496. The monoisotopic (exact) mass is 378 g/mol. The predicted molar refractivity (Wildman–Crippen MR) is 94.5 cm³/mol. The molecule has 0 aromatic carbocycles. The lowest BCUT2D eigenvalue weighted by Crippen LogP contribution is -2.50. The first-order valence-electron chi connectivity index (χ1n) is 7.47. The summed E-state index contributed by atoms with van der Waals surface area (Å²) in [5.41, 5.74) is 0.342. The van der Waals surface area contributed by atoms with Gasteiger partial charge in [0.15, 0.2) is 5.82 Å². The van der Waals surface area contributed by atoms with Gasteiger partial charge in [0, 0.05) is 43.4 Å². The van der Waals surface area contributed by atoms with Crippen molar-refractivity contribution in [1.29, 1.82) is 0 Å². The van der Waals surface area contributed by atoms with Gasteiger partial charge < -0.3 is 20.1 Å². The molecule has 2 aromatic rings. The average Bonchev–Trinajstić information content (AvgIpc) is 2.57. The van der Waals surface area contributed by atoms with Crippen LogP contribution >= 0.6 is 15.9 Å². The van der Waals surface area contributed by atoms with Gasteiger partial charge in [0.25, 0.3) is 5.56 Å². The maximum atomic E-state index is 12.0. The minimum absolute atomic E-state index is 0.169. The summed E-state index contributed by atoms with van der Waals surface area (Å²) in [7, 11) is 1.80. The summed E-state index contributed by atoms with van der Waals surface area (Å²) >= 11 is 3.36. The topological polar surface area (TPSA) is 77.1 Å². The molecule has 3 rings (SSSR count). The van der Waals surface area contributed by atoms with Crippen LogP contribution in [0.1, 0.15) is 6.92 Å². The number of nitrogens with one attached hydrogen (secondary N) is 2. The third kappa shape index (κ3) is 3.37. The van der Waals surface area contributed by atoms with E-state index in [1.165, 1.54) is 0 Å². The van der Waals surface area contributed by atoms with Crippen LogP contribution in [0, 0.1) is 0 Å². The van der Waals surface area contributed by atoms with E-state index in [0.29, 0.717) is 17.5 Å². The molecule has 1 fully saturated rings. The van der Waals surface area contributed by atoms with Crippen molar-refractivity contribution >= 4 is 33.3 Å². The van der Waals surface area contributed by atoms with Gasteiger partial charge in [-0.1, -0.05) is 0 Å². The van der Waals surface area contributed by atoms with Gasteiger partial charge in [-0.05, 0) is 28.9 Å². The fraction of sp³-hybridized carbons (Fsp3) is 0.400. The number of hydrogen-bond acceptors (Lipinski definition) is 6. The van der Waals surface area contributed by atoms with Crippen molar-refractivity contribution in [2.45, 2.75) is 13.0 Å². The minimum Gasteiger partial charge on any atom is -0.350 e. The van der Waals surface area contributed by atoms with Crippen molar-refractivity contribution < 1.29 is 0 Å². The summed E-state index contributed by atoms with van der Waals surface area (Å²) in [5, 5.41) is 3.36. The Morgan fingerprint density at radius 1 is 1.39 bits per heavy atom. The Labute approximate surface area is 142 Å². The van der Waals surface area contributed by atoms with E-state index < -0.39 is 0 Å². The molecule has 0 saturated carbocycles. The Hall–Kier alpha value is -1.93. The van der Waals surface area contributed by atoms with Crippen molar-refractivity contribution in [3.05, 3.63) is 39.5 Å². The van der Waals surface area contributed by atoms with E-state index in [0.717, 1.165) is 29.9 Å². The zero-order valence-corrected chi connectivity index (χ0v) is 14.7. The molecule has 2 aromatic heterocycles. The molecule has 3 heterocycles. The highest BCUT2D eigenvalue weighted by Crippen LogP contribution is 2.22. The molecule has 1 unspecified atom stereocenters. The molecule has 1 aliphatic rings. The van der Waals surface area contributed by atoms with Gasteiger partial charge in [0.2, 0.25) is 0 Å². The molecule has 7 nitrogen and oxygen atoms in total. The van der Waals surface area contributed by atoms with Crippen molar-refractivity contribution in [2.75, 3.05) is 36.5 Å². The van der Waals surface area contributed by atoms with Gasteiger partial charge >= 0.3 is 0 Å². The molecule has 0 radical (unpaired) electrons. The summed E-state index contributed by atoms with van der Waals surface area (Å²) in [6, 6.07) is 2.14. The molecule has 1 saturated heterocycles. The first kappa shape index (κ1) is 15.9. The van der Waals surface area contributed by atoms with Gasteiger partial charge in [-0.3, -0.25) is 4.79 Å². The number of anilines is 3. The molecule has 2 N–H and O–H groups in total. The highest BCUT2D eigenvalue weighted by molar-refractivity contribution is 9.10. The van der Waals surface area contributed by atoms with E-state index in [-0.39, 0.29) is 5.56 Å². The van der Waals surface area contributed by atoms with E-state index in [4.69, 9.17) is 0 Å². The fourth-order valence-corrected chi connectivity index (χ4v) is 2.97. The minimum atomic E-state index is -0.169. The number of H-pyrrole nitrogens is 1. The number of pyridine rings is 1. The van der Waals surface area contributed by atoms with Crippen molar-refractivity contribution in [1.82, 2.24) is 20.3 Å². The third-order valence-electron chi connectivity index (χ3n) is 3.97. The van der Waals surface area contributed by atoms with Crippen molar-refractivity contribution in [3.8, 4) is 0 Å².